The van der Waals surface area contributed by atoms with E-state index in [1.807, 2.05) is 29.2 Å². The average molecular weight is 481 g/mol. The van der Waals surface area contributed by atoms with Crippen LogP contribution in [0.5, 0.6) is 0 Å². The number of rotatable bonds is 6. The van der Waals surface area contributed by atoms with Crippen molar-refractivity contribution in [1.29, 1.82) is 0 Å². The van der Waals surface area contributed by atoms with E-state index in [0.717, 1.165) is 37.1 Å². The number of hydrogen-bond acceptors (Lipinski definition) is 6. The summed E-state index contributed by atoms with van der Waals surface area (Å²) in [6.07, 6.45) is 7.97. The minimum Gasteiger partial charge on any atom is -0.463 e. The summed E-state index contributed by atoms with van der Waals surface area (Å²) < 4.78 is 34.4. The first kappa shape index (κ1) is 24.4. The fourth-order valence-electron chi connectivity index (χ4n) is 4.00. The van der Waals surface area contributed by atoms with Crippen LogP contribution in [-0.2, 0) is 19.6 Å². The Hall–Kier alpha value is -2.20. The zero-order chi connectivity index (χ0) is 21.8. The fraction of sp³-hybridized carbons (Fsp3) is 0.455. The Morgan fingerprint density at radius 2 is 1.91 bits per heavy atom. The molecule has 4 rings (SSSR count). The summed E-state index contributed by atoms with van der Waals surface area (Å²) in [5.74, 6) is -0.367. The van der Waals surface area contributed by atoms with Gasteiger partial charge >= 0.3 is 5.97 Å². The second-order valence-corrected chi connectivity index (χ2v) is 9.72. The van der Waals surface area contributed by atoms with Gasteiger partial charge in [-0.2, -0.15) is 9.40 Å². The van der Waals surface area contributed by atoms with E-state index in [2.05, 4.69) is 10.4 Å². The molecule has 10 heteroatoms. The number of nitrogens with one attached hydrogen (secondary N) is 1. The van der Waals surface area contributed by atoms with Crippen molar-refractivity contribution in [1.82, 2.24) is 19.4 Å². The molecule has 1 N–H and O–H groups in total. The van der Waals surface area contributed by atoms with Crippen LogP contribution in [0.3, 0.4) is 0 Å². The number of halogens is 1. The van der Waals surface area contributed by atoms with Crippen LogP contribution in [0.1, 0.15) is 32.2 Å². The molecule has 8 nitrogen and oxygen atoms in total. The van der Waals surface area contributed by atoms with Gasteiger partial charge in [0.25, 0.3) is 0 Å². The number of carbonyl (C=O) groups excluding carboxylic acids is 1. The van der Waals surface area contributed by atoms with E-state index < -0.39 is 10.0 Å². The summed E-state index contributed by atoms with van der Waals surface area (Å²) >= 11 is 0. The largest absolute Gasteiger partial charge is 0.463 e. The van der Waals surface area contributed by atoms with Crippen molar-refractivity contribution in [3.05, 3.63) is 48.3 Å². The summed E-state index contributed by atoms with van der Waals surface area (Å²) in [5, 5.41) is 7.87. The van der Waals surface area contributed by atoms with Gasteiger partial charge in [-0.15, -0.1) is 12.4 Å². The molecule has 0 aliphatic carbocycles. The molecule has 1 aromatic heterocycles. The van der Waals surface area contributed by atoms with E-state index >= 15 is 0 Å². The predicted molar refractivity (Wildman–Crippen MR) is 124 cm³/mol. The number of carbonyl (C=O) groups is 1. The highest BCUT2D eigenvalue weighted by Crippen LogP contribution is 2.26. The quantitative estimate of drug-likeness (QED) is 0.639. The third-order valence-electron chi connectivity index (χ3n) is 5.82. The Morgan fingerprint density at radius 1 is 1.19 bits per heavy atom. The van der Waals surface area contributed by atoms with Crippen LogP contribution in [0, 0.1) is 0 Å². The Kier molecular flexibility index (Phi) is 8.10. The molecule has 2 aliphatic rings. The Morgan fingerprint density at radius 3 is 2.53 bits per heavy atom. The lowest BCUT2D eigenvalue weighted by Gasteiger charge is -2.25. The standard InChI is InChI=1S/C22H28N4O4S.ClH/c1-2-30-22(27)18-9-13-25(14-10-18)31(28,29)21-5-3-17(4-6-21)19-15-24-26(16-19)20-7-11-23-12-8-20;/h3-6,9,15-16,20,23H,2,7-8,10-14H2,1H3;1H. The van der Waals surface area contributed by atoms with Crippen molar-refractivity contribution in [3.8, 4) is 11.1 Å². The van der Waals surface area contributed by atoms with Gasteiger partial charge in [0.15, 0.2) is 0 Å². The van der Waals surface area contributed by atoms with Gasteiger partial charge in [-0.25, -0.2) is 13.2 Å². The van der Waals surface area contributed by atoms with E-state index in [1.165, 1.54) is 4.31 Å². The van der Waals surface area contributed by atoms with Crippen molar-refractivity contribution < 1.29 is 17.9 Å². The number of piperidine rings is 1. The van der Waals surface area contributed by atoms with Gasteiger partial charge in [0.2, 0.25) is 10.0 Å². The van der Waals surface area contributed by atoms with Crippen molar-refractivity contribution >= 4 is 28.4 Å². The number of hydrogen-bond donors (Lipinski definition) is 1. The predicted octanol–water partition coefficient (Wildman–Crippen LogP) is 2.78. The monoisotopic (exact) mass is 480 g/mol. The molecule has 2 aliphatic heterocycles. The normalized spacial score (nSPS) is 18.0. The van der Waals surface area contributed by atoms with Gasteiger partial charge in [0.1, 0.15) is 0 Å². The van der Waals surface area contributed by atoms with Gasteiger partial charge in [-0.1, -0.05) is 18.2 Å². The molecule has 0 spiro atoms. The number of ether oxygens (including phenoxy) is 1. The molecule has 2 aromatic rings. The second-order valence-electron chi connectivity index (χ2n) is 7.78. The van der Waals surface area contributed by atoms with Crippen LogP contribution in [-0.4, -0.2) is 61.3 Å². The summed E-state index contributed by atoms with van der Waals surface area (Å²) in [5.41, 5.74) is 2.44. The lowest BCUT2D eigenvalue weighted by atomic mass is 10.1. The Bertz CT molecular complexity index is 1060. The molecule has 0 atom stereocenters. The molecule has 1 saturated heterocycles. The lowest BCUT2D eigenvalue weighted by Crippen LogP contribution is -2.36. The maximum Gasteiger partial charge on any atom is 0.333 e. The highest BCUT2D eigenvalue weighted by molar-refractivity contribution is 7.89. The first-order valence-corrected chi connectivity index (χ1v) is 12.1. The van der Waals surface area contributed by atoms with Gasteiger partial charge in [-0.3, -0.25) is 4.68 Å². The second kappa shape index (κ2) is 10.6. The van der Waals surface area contributed by atoms with E-state index in [1.54, 1.807) is 25.1 Å². The van der Waals surface area contributed by atoms with E-state index in [-0.39, 0.29) is 36.4 Å². The van der Waals surface area contributed by atoms with Crippen LogP contribution in [0.4, 0.5) is 0 Å². The summed E-state index contributed by atoms with van der Waals surface area (Å²) in [6, 6.07) is 7.32. The van der Waals surface area contributed by atoms with Crippen molar-refractivity contribution in [3.63, 3.8) is 0 Å². The maximum atomic E-state index is 13.0. The van der Waals surface area contributed by atoms with Crippen molar-refractivity contribution in [2.75, 3.05) is 32.8 Å². The van der Waals surface area contributed by atoms with Crippen molar-refractivity contribution in [2.45, 2.75) is 37.1 Å². The molecule has 0 saturated carbocycles. The van der Waals surface area contributed by atoms with Gasteiger partial charge in [-0.05, 0) is 57.0 Å². The van der Waals surface area contributed by atoms with Gasteiger partial charge in [0, 0.05) is 30.4 Å². The molecule has 0 amide bonds. The Balaban J connectivity index is 0.00000289. The number of nitrogens with zero attached hydrogens (tertiary/aromatic N) is 3. The molecule has 1 fully saturated rings. The van der Waals surface area contributed by atoms with Crippen LogP contribution in [0.15, 0.2) is 53.2 Å². The minimum absolute atomic E-state index is 0. The van der Waals surface area contributed by atoms with Crippen LogP contribution in [0.25, 0.3) is 11.1 Å². The third kappa shape index (κ3) is 5.23. The summed E-state index contributed by atoms with van der Waals surface area (Å²) in [7, 11) is -3.63. The van der Waals surface area contributed by atoms with E-state index in [4.69, 9.17) is 4.74 Å². The number of aromatic nitrogens is 2. The minimum atomic E-state index is -3.63. The molecule has 32 heavy (non-hydrogen) atoms. The zero-order valence-corrected chi connectivity index (χ0v) is 19.7. The third-order valence-corrected chi connectivity index (χ3v) is 7.70. The molecule has 174 valence electrons. The molecule has 3 heterocycles. The number of esters is 1. The summed E-state index contributed by atoms with van der Waals surface area (Å²) in [6.45, 7) is 4.49. The highest BCUT2D eigenvalue weighted by atomic mass is 35.5. The zero-order valence-electron chi connectivity index (χ0n) is 18.1. The van der Waals surface area contributed by atoms with E-state index in [0.29, 0.717) is 24.6 Å². The lowest BCUT2D eigenvalue weighted by molar-refractivity contribution is -0.138. The SMILES string of the molecule is CCOC(=O)C1=CCN(S(=O)(=O)c2ccc(-c3cnn(C4CCNCC4)c3)cc2)CC1.Cl. The molecular weight excluding hydrogens is 452 g/mol. The van der Waals surface area contributed by atoms with Crippen molar-refractivity contribution in [2.24, 2.45) is 0 Å². The molecule has 0 bridgehead atoms. The summed E-state index contributed by atoms with van der Waals surface area (Å²) in [4.78, 5) is 12.1. The van der Waals surface area contributed by atoms with E-state index in [9.17, 15) is 13.2 Å². The van der Waals surface area contributed by atoms with Crippen LogP contribution in [0.2, 0.25) is 0 Å². The van der Waals surface area contributed by atoms with Gasteiger partial charge in [0.05, 0.1) is 23.7 Å². The first-order valence-electron chi connectivity index (χ1n) is 10.7. The average Bonchev–Trinajstić information content (AvgIpc) is 3.30. The first-order chi connectivity index (χ1) is 15.0. The fourth-order valence-corrected chi connectivity index (χ4v) is 5.39. The molecule has 0 radical (unpaired) electrons. The smallest absolute Gasteiger partial charge is 0.333 e. The number of sulfonamides is 1. The van der Waals surface area contributed by atoms with Crippen LogP contribution >= 0.6 is 12.4 Å². The van der Waals surface area contributed by atoms with Gasteiger partial charge < -0.3 is 10.1 Å². The molecule has 1 aromatic carbocycles. The Labute approximate surface area is 195 Å². The number of benzene rings is 1. The topological polar surface area (TPSA) is 93.5 Å². The molecular formula is C22H29ClN4O4S. The maximum absolute atomic E-state index is 13.0. The molecule has 0 unspecified atom stereocenters. The van der Waals surface area contributed by atoms with Crippen LogP contribution < -0.4 is 5.32 Å². The highest BCUT2D eigenvalue weighted by Gasteiger charge is 2.28.